The SMILES string of the molecule is O=c1o[nH][n+]2c1[C@H](c1cccc([N+](=O)[O-])c1)O[C@H](c1ccccc1)CC2. The second kappa shape index (κ2) is 6.57. The van der Waals surface area contributed by atoms with Gasteiger partial charge in [-0.15, -0.1) is 0 Å². The first kappa shape index (κ1) is 16.2. The lowest BCUT2D eigenvalue weighted by atomic mass is 10.0. The molecule has 0 radical (unpaired) electrons. The zero-order valence-electron chi connectivity index (χ0n) is 13.7. The maximum absolute atomic E-state index is 12.2. The maximum atomic E-state index is 12.2. The third kappa shape index (κ3) is 2.91. The number of aromatic amines is 1. The number of H-pyrrole nitrogens is 1. The predicted molar refractivity (Wildman–Crippen MR) is 89.3 cm³/mol. The summed E-state index contributed by atoms with van der Waals surface area (Å²) in [4.78, 5) is 22.9. The second-order valence-electron chi connectivity index (χ2n) is 6.07. The summed E-state index contributed by atoms with van der Waals surface area (Å²) in [6.45, 7) is 0.506. The van der Waals surface area contributed by atoms with E-state index in [1.54, 1.807) is 16.8 Å². The second-order valence-corrected chi connectivity index (χ2v) is 6.07. The third-order valence-corrected chi connectivity index (χ3v) is 4.47. The van der Waals surface area contributed by atoms with E-state index in [4.69, 9.17) is 9.26 Å². The number of aryl methyl sites for hydroxylation is 1. The first-order valence-electron chi connectivity index (χ1n) is 8.19. The van der Waals surface area contributed by atoms with E-state index in [0.717, 1.165) is 5.56 Å². The smallest absolute Gasteiger partial charge is 0.354 e. The van der Waals surface area contributed by atoms with Gasteiger partial charge in [0.1, 0.15) is 0 Å². The van der Waals surface area contributed by atoms with Crippen molar-refractivity contribution in [2.75, 3.05) is 0 Å². The van der Waals surface area contributed by atoms with E-state index < -0.39 is 16.7 Å². The van der Waals surface area contributed by atoms with Gasteiger partial charge < -0.3 is 4.74 Å². The first-order valence-corrected chi connectivity index (χ1v) is 8.19. The molecule has 8 nitrogen and oxygen atoms in total. The third-order valence-electron chi connectivity index (χ3n) is 4.47. The quantitative estimate of drug-likeness (QED) is 0.442. The molecule has 1 aliphatic rings. The topological polar surface area (TPSA) is 102 Å². The number of ether oxygens (including phenoxy) is 1. The molecule has 0 spiro atoms. The van der Waals surface area contributed by atoms with Gasteiger partial charge in [-0.1, -0.05) is 47.1 Å². The fourth-order valence-electron chi connectivity index (χ4n) is 3.22. The fourth-order valence-corrected chi connectivity index (χ4v) is 3.22. The van der Waals surface area contributed by atoms with Gasteiger partial charge in [-0.05, 0) is 16.4 Å². The Labute approximate surface area is 147 Å². The van der Waals surface area contributed by atoms with Gasteiger partial charge in [0.15, 0.2) is 12.6 Å². The summed E-state index contributed by atoms with van der Waals surface area (Å²) in [5.41, 5.74) is 1.21. The molecule has 0 bridgehead atoms. The Hall–Kier alpha value is -3.26. The molecule has 8 heteroatoms. The molecule has 1 aromatic heterocycles. The summed E-state index contributed by atoms with van der Waals surface area (Å²) in [5, 5.41) is 13.7. The van der Waals surface area contributed by atoms with Crippen molar-refractivity contribution < 1.29 is 18.9 Å². The number of nitrogens with zero attached hydrogens (tertiary/aromatic N) is 2. The predicted octanol–water partition coefficient (Wildman–Crippen LogP) is 2.41. The van der Waals surface area contributed by atoms with E-state index in [-0.39, 0.29) is 11.8 Å². The van der Waals surface area contributed by atoms with Crippen LogP contribution in [-0.2, 0) is 11.3 Å². The van der Waals surface area contributed by atoms with Crippen molar-refractivity contribution in [3.63, 3.8) is 0 Å². The highest BCUT2D eigenvalue weighted by Gasteiger charge is 2.38. The largest absolute Gasteiger partial charge is 0.433 e. The van der Waals surface area contributed by atoms with Crippen LogP contribution in [0.15, 0.2) is 63.9 Å². The van der Waals surface area contributed by atoms with Crippen LogP contribution < -0.4 is 10.3 Å². The molecule has 0 saturated carbocycles. The molecule has 2 heterocycles. The number of hydrogen-bond donors (Lipinski definition) is 1. The highest BCUT2D eigenvalue weighted by atomic mass is 16.6. The molecular weight excluding hydrogens is 338 g/mol. The van der Waals surface area contributed by atoms with Crippen molar-refractivity contribution in [3.8, 4) is 0 Å². The molecule has 1 aliphatic heterocycles. The molecule has 1 N–H and O–H groups in total. The minimum Gasteiger partial charge on any atom is -0.354 e. The van der Waals surface area contributed by atoms with Gasteiger partial charge >= 0.3 is 11.3 Å². The van der Waals surface area contributed by atoms with Crippen molar-refractivity contribution in [1.82, 2.24) is 5.27 Å². The van der Waals surface area contributed by atoms with E-state index >= 15 is 0 Å². The number of nitro groups is 1. The van der Waals surface area contributed by atoms with Crippen molar-refractivity contribution in [2.45, 2.75) is 25.2 Å². The summed E-state index contributed by atoms with van der Waals surface area (Å²) < 4.78 is 12.8. The molecule has 26 heavy (non-hydrogen) atoms. The number of benzene rings is 2. The summed E-state index contributed by atoms with van der Waals surface area (Å²) in [7, 11) is 0. The van der Waals surface area contributed by atoms with Crippen LogP contribution in [0.25, 0.3) is 0 Å². The molecule has 2 atom stereocenters. The van der Waals surface area contributed by atoms with E-state index in [0.29, 0.717) is 24.2 Å². The zero-order valence-corrected chi connectivity index (χ0v) is 13.7. The summed E-state index contributed by atoms with van der Waals surface area (Å²) in [6.07, 6.45) is -0.402. The van der Waals surface area contributed by atoms with Crippen LogP contribution >= 0.6 is 0 Å². The fraction of sp³-hybridized carbons (Fsp3) is 0.222. The zero-order chi connectivity index (χ0) is 18.1. The number of aromatic nitrogens is 2. The van der Waals surface area contributed by atoms with Crippen molar-refractivity contribution >= 4 is 5.69 Å². The number of fused-ring (bicyclic) bond motifs is 1. The van der Waals surface area contributed by atoms with Gasteiger partial charge in [-0.25, -0.2) is 4.79 Å². The Morgan fingerprint density at radius 1 is 1.12 bits per heavy atom. The lowest BCUT2D eigenvalue weighted by Crippen LogP contribution is -2.41. The van der Waals surface area contributed by atoms with Crippen LogP contribution in [-0.4, -0.2) is 10.2 Å². The van der Waals surface area contributed by atoms with Crippen molar-refractivity contribution in [3.05, 3.63) is 92.0 Å². The molecule has 0 aliphatic carbocycles. The number of non-ortho nitro benzene ring substituents is 1. The van der Waals surface area contributed by atoms with Gasteiger partial charge in [0.25, 0.3) is 5.69 Å². The van der Waals surface area contributed by atoms with E-state index in [1.807, 2.05) is 30.3 Å². The first-order chi connectivity index (χ1) is 12.6. The molecule has 0 saturated heterocycles. The van der Waals surface area contributed by atoms with Crippen LogP contribution in [0.3, 0.4) is 0 Å². The molecule has 132 valence electrons. The van der Waals surface area contributed by atoms with E-state index in [1.165, 1.54) is 12.1 Å². The minimum atomic E-state index is -0.773. The summed E-state index contributed by atoms with van der Waals surface area (Å²) >= 11 is 0. The highest BCUT2D eigenvalue weighted by molar-refractivity contribution is 5.37. The van der Waals surface area contributed by atoms with Crippen LogP contribution in [0.5, 0.6) is 0 Å². The van der Waals surface area contributed by atoms with Gasteiger partial charge in [0.2, 0.25) is 0 Å². The van der Waals surface area contributed by atoms with Crippen molar-refractivity contribution in [1.29, 1.82) is 0 Å². The van der Waals surface area contributed by atoms with Crippen LogP contribution in [0.2, 0.25) is 0 Å². The Balaban J connectivity index is 1.80. The van der Waals surface area contributed by atoms with E-state index in [9.17, 15) is 14.9 Å². The Morgan fingerprint density at radius 2 is 1.88 bits per heavy atom. The van der Waals surface area contributed by atoms with Gasteiger partial charge in [0.05, 0.1) is 11.0 Å². The van der Waals surface area contributed by atoms with Gasteiger partial charge in [0, 0.05) is 18.6 Å². The maximum Gasteiger partial charge on any atom is 0.433 e. The lowest BCUT2D eigenvalue weighted by Gasteiger charge is -2.19. The summed E-state index contributed by atoms with van der Waals surface area (Å²) in [6, 6.07) is 15.8. The Kier molecular flexibility index (Phi) is 4.10. The van der Waals surface area contributed by atoms with Crippen LogP contribution in [0, 0.1) is 10.1 Å². The molecule has 4 rings (SSSR count). The van der Waals surface area contributed by atoms with Gasteiger partial charge in [-0.3, -0.25) is 14.6 Å². The van der Waals surface area contributed by atoms with Crippen LogP contribution in [0.1, 0.15) is 35.4 Å². The molecule has 3 aromatic rings. The summed E-state index contributed by atoms with van der Waals surface area (Å²) in [5.74, 6) is 0. The normalized spacial score (nSPS) is 19.5. The van der Waals surface area contributed by atoms with Gasteiger partial charge in [-0.2, -0.15) is 0 Å². The van der Waals surface area contributed by atoms with E-state index in [2.05, 4.69) is 5.27 Å². The number of nitrogens with one attached hydrogen (secondary N) is 1. The molecule has 0 unspecified atom stereocenters. The average molecular weight is 354 g/mol. The number of nitro benzene ring substituents is 1. The van der Waals surface area contributed by atoms with Crippen LogP contribution in [0.4, 0.5) is 5.69 Å². The molecule has 0 amide bonds. The number of rotatable bonds is 3. The minimum absolute atomic E-state index is 0.0573. The molecule has 2 aromatic carbocycles. The average Bonchev–Trinajstić information content (AvgIpc) is 2.92. The Bertz CT molecular complexity index is 995. The monoisotopic (exact) mass is 354 g/mol. The highest BCUT2D eigenvalue weighted by Crippen LogP contribution is 2.34. The number of hydrogen-bond acceptors (Lipinski definition) is 5. The molecular formula is C18H16N3O5+. The standard InChI is InChI=1S/C18H15N3O5/c22-18-16-17(13-7-4-8-14(11-13)21(23)24)25-15(9-10-20(16)19-26-18)12-5-2-1-3-6-12/h1-8,11,15,17H,9-10H2/p+1/t15-,17-/m0/s1. The van der Waals surface area contributed by atoms with Crippen molar-refractivity contribution in [2.24, 2.45) is 0 Å². The molecule has 0 fully saturated rings. The Morgan fingerprint density at radius 3 is 2.65 bits per heavy atom. The lowest BCUT2D eigenvalue weighted by molar-refractivity contribution is -0.768.